The molecule has 2 aliphatic rings. The molecule has 0 bridgehead atoms. The summed E-state index contributed by atoms with van der Waals surface area (Å²) in [5.41, 5.74) is 10.3. The molecule has 0 saturated heterocycles. The number of anilines is 3. The summed E-state index contributed by atoms with van der Waals surface area (Å²) >= 11 is 0. The number of para-hydroxylation sites is 4. The van der Waals surface area contributed by atoms with Gasteiger partial charge in [-0.2, -0.15) is 5.10 Å². The van der Waals surface area contributed by atoms with Gasteiger partial charge in [-0.1, -0.05) is 191 Å². The summed E-state index contributed by atoms with van der Waals surface area (Å²) in [6.07, 6.45) is 3.89. The van der Waals surface area contributed by atoms with E-state index in [0.29, 0.717) is 0 Å². The SMILES string of the molecule is CC1(C)c2cccc([PH+](c3ccccc3)c3ccccc3)c2Oc2c([PH+](c3ccccc3)c3ccccc3)cccc21.CC1(C)c2ccccc2N(c2ccc(-n3ccc(-c4ccccc4)n3)nc2)c2ccccc21.F[B-](F)(F)F.[Cu+]. The number of pyridine rings is 1. The van der Waals surface area contributed by atoms with Crippen LogP contribution in [0.25, 0.3) is 17.1 Å². The maximum Gasteiger partial charge on any atom is 1.00 e. The smallest absolute Gasteiger partial charge is 0.448 e. The summed E-state index contributed by atoms with van der Waals surface area (Å²) in [4.78, 5) is 7.08. The van der Waals surface area contributed by atoms with E-state index in [0.717, 1.165) is 34.3 Å². The number of nitrogens with zero attached hydrogens (tertiary/aromatic N) is 4. The molecule has 406 valence electrons. The largest absolute Gasteiger partial charge is 1.00 e. The molecular weight excluding hydrogens is 1100 g/mol. The molecule has 0 saturated carbocycles. The van der Waals surface area contributed by atoms with Crippen molar-refractivity contribution in [1.29, 1.82) is 0 Å². The Kier molecular flexibility index (Phi) is 16.7. The molecule has 2 aromatic heterocycles. The van der Waals surface area contributed by atoms with Crippen molar-refractivity contribution >= 4 is 72.0 Å². The molecule has 0 spiro atoms. The van der Waals surface area contributed by atoms with Crippen LogP contribution in [0.15, 0.2) is 267 Å². The first-order chi connectivity index (χ1) is 38.8. The quantitative estimate of drug-likeness (QED) is 0.0821. The zero-order valence-corrected chi connectivity index (χ0v) is 47.9. The zero-order valence-electron chi connectivity index (χ0n) is 45.0. The molecule has 0 fully saturated rings. The van der Waals surface area contributed by atoms with E-state index in [9.17, 15) is 17.3 Å². The van der Waals surface area contributed by atoms with Crippen LogP contribution < -0.4 is 41.5 Å². The van der Waals surface area contributed by atoms with Crippen molar-refractivity contribution in [2.24, 2.45) is 0 Å². The Morgan fingerprint density at radius 3 is 1.20 bits per heavy atom. The van der Waals surface area contributed by atoms with Gasteiger partial charge in [0.15, 0.2) is 17.3 Å². The van der Waals surface area contributed by atoms with Crippen molar-refractivity contribution in [3.8, 4) is 28.6 Å². The van der Waals surface area contributed by atoms with E-state index in [1.165, 1.54) is 65.5 Å². The Balaban J connectivity index is 0.000000170. The minimum absolute atomic E-state index is 0. The van der Waals surface area contributed by atoms with Crippen LogP contribution in [0.3, 0.4) is 0 Å². The first-order valence-electron chi connectivity index (χ1n) is 26.6. The fraction of sp³-hybridized carbons (Fsp3) is 0.0882. The molecule has 0 N–H and O–H groups in total. The number of hydrogen-bond donors (Lipinski definition) is 0. The van der Waals surface area contributed by atoms with E-state index in [1.807, 2.05) is 47.4 Å². The Hall–Kier alpha value is -7.90. The number of halogens is 4. The van der Waals surface area contributed by atoms with Gasteiger partial charge < -0.3 is 26.9 Å². The number of benzene rings is 9. The predicted molar refractivity (Wildman–Crippen MR) is 329 cm³/mol. The Labute approximate surface area is 484 Å². The monoisotopic (exact) mass is 1160 g/mol. The van der Waals surface area contributed by atoms with Crippen molar-refractivity contribution in [1.82, 2.24) is 14.8 Å². The van der Waals surface area contributed by atoms with Gasteiger partial charge in [0, 0.05) is 33.7 Å². The van der Waals surface area contributed by atoms with Crippen molar-refractivity contribution in [2.75, 3.05) is 4.90 Å². The van der Waals surface area contributed by atoms with E-state index >= 15 is 0 Å². The van der Waals surface area contributed by atoms with Gasteiger partial charge in [-0.25, -0.2) is 9.67 Å². The van der Waals surface area contributed by atoms with Crippen LogP contribution in [-0.4, -0.2) is 22.0 Å². The molecule has 0 unspecified atom stereocenters. The fourth-order valence-electron chi connectivity index (χ4n) is 11.1. The van der Waals surface area contributed by atoms with Crippen LogP contribution in [0.2, 0.25) is 0 Å². The normalized spacial score (nSPS) is 13.3. The molecule has 0 radical (unpaired) electrons. The molecule has 2 aliphatic heterocycles. The maximum absolute atomic E-state index is 9.75. The molecule has 0 atom stereocenters. The van der Waals surface area contributed by atoms with Gasteiger partial charge in [-0.3, -0.25) is 0 Å². The minimum atomic E-state index is -6.00. The molecule has 13 rings (SSSR count). The van der Waals surface area contributed by atoms with Gasteiger partial charge in [-0.05, 0) is 102 Å². The summed E-state index contributed by atoms with van der Waals surface area (Å²) in [5, 5.41) is 12.8. The third-order valence-corrected chi connectivity index (χ3v) is 20.4. The summed E-state index contributed by atoms with van der Waals surface area (Å²) in [7, 11) is -8.64. The Morgan fingerprint density at radius 1 is 0.420 bits per heavy atom. The summed E-state index contributed by atoms with van der Waals surface area (Å²) in [6.45, 7) is 9.31. The average Bonchev–Trinajstić information content (AvgIpc) is 4.05. The number of hydrogen-bond acceptors (Lipinski definition) is 4. The maximum atomic E-state index is 9.75. The predicted octanol–water partition coefficient (Wildman–Crippen LogP) is 15.4. The fourth-order valence-corrected chi connectivity index (χ4v) is 16.5. The van der Waals surface area contributed by atoms with Gasteiger partial charge in [-0.15, -0.1) is 0 Å². The van der Waals surface area contributed by atoms with Gasteiger partial charge >= 0.3 is 24.3 Å². The standard InChI is InChI=1S/C39H32OP2.C29H24N4.BF4.Cu/c1-39(2)33-25-15-27-35(41(29-17-7-3-8-18-29)30-19-9-4-10-20-30)37(33)40-38-34(39)26-16-28-36(38)42(31-21-11-5-12-22-31)32-23-13-6-14-24-32;1-29(2)23-12-6-8-14-26(23)33(27-15-9-7-13-24(27)29)22-16-17-28(30-20-22)32-19-18-25(31-32)21-10-4-3-5-11-21;2-1(3,4)5;/h3-28H,1-2H3;3-20H,1-2H3;;/q;;-1;+1/p+2. The van der Waals surface area contributed by atoms with Crippen LogP contribution >= 0.6 is 15.8 Å². The summed E-state index contributed by atoms with van der Waals surface area (Å²) < 4.78 is 48.1. The number of aromatic nitrogens is 3. The van der Waals surface area contributed by atoms with Crippen molar-refractivity contribution in [2.45, 2.75) is 38.5 Å². The topological polar surface area (TPSA) is 43.2 Å². The van der Waals surface area contributed by atoms with E-state index in [-0.39, 0.29) is 27.9 Å². The van der Waals surface area contributed by atoms with E-state index in [4.69, 9.17) is 14.8 Å². The third kappa shape index (κ3) is 11.8. The van der Waals surface area contributed by atoms with Crippen LogP contribution in [0.1, 0.15) is 49.9 Å². The first kappa shape index (κ1) is 56.4. The van der Waals surface area contributed by atoms with Crippen molar-refractivity contribution < 1.29 is 39.1 Å². The molecule has 81 heavy (non-hydrogen) atoms. The Morgan fingerprint density at radius 2 is 0.790 bits per heavy atom. The van der Waals surface area contributed by atoms with Crippen molar-refractivity contribution in [3.63, 3.8) is 0 Å². The molecule has 5 nitrogen and oxygen atoms in total. The molecule has 13 heteroatoms. The van der Waals surface area contributed by atoms with Crippen LogP contribution in [0.4, 0.5) is 34.3 Å². The molecule has 4 heterocycles. The molecule has 0 aliphatic carbocycles. The summed E-state index contributed by atoms with van der Waals surface area (Å²) in [6, 6.07) is 91.2. The van der Waals surface area contributed by atoms with Gasteiger partial charge in [0.1, 0.15) is 47.7 Å². The zero-order chi connectivity index (χ0) is 55.4. The molecule has 11 aromatic rings. The molecular formula is C68H58BCuF4N4OP2+2. The van der Waals surface area contributed by atoms with E-state index in [2.05, 4.69) is 257 Å². The number of fused-ring (bicyclic) bond motifs is 4. The summed E-state index contributed by atoms with van der Waals surface area (Å²) in [5.74, 6) is 2.86. The molecule has 0 amide bonds. The van der Waals surface area contributed by atoms with Gasteiger partial charge in [0.25, 0.3) is 0 Å². The second kappa shape index (κ2) is 24.1. The van der Waals surface area contributed by atoms with E-state index < -0.39 is 23.1 Å². The van der Waals surface area contributed by atoms with Crippen LogP contribution in [-0.2, 0) is 27.9 Å². The van der Waals surface area contributed by atoms with Gasteiger partial charge in [0.05, 0.1) is 29.0 Å². The number of ether oxygens (including phenoxy) is 1. The number of rotatable bonds is 9. The average molecular weight is 1160 g/mol. The molecule has 9 aromatic carbocycles. The van der Waals surface area contributed by atoms with Crippen LogP contribution in [0.5, 0.6) is 11.5 Å². The Bertz CT molecular complexity index is 3630. The second-order valence-corrected chi connectivity index (χ2v) is 25.6. The second-order valence-electron chi connectivity index (χ2n) is 20.7. The third-order valence-electron chi connectivity index (χ3n) is 14.9. The van der Waals surface area contributed by atoms with E-state index in [1.54, 1.807) is 0 Å². The minimum Gasteiger partial charge on any atom is -0.448 e. The van der Waals surface area contributed by atoms with Crippen molar-refractivity contribution in [3.05, 3.63) is 289 Å². The van der Waals surface area contributed by atoms with Crippen LogP contribution in [0, 0.1) is 0 Å². The van der Waals surface area contributed by atoms with Gasteiger partial charge in [0.2, 0.25) is 0 Å². The first-order valence-corrected chi connectivity index (χ1v) is 29.6.